The Morgan fingerprint density at radius 3 is 2.39 bits per heavy atom. The van der Waals surface area contributed by atoms with Gasteiger partial charge in [-0.2, -0.15) is 0 Å². The van der Waals surface area contributed by atoms with Gasteiger partial charge in [-0.05, 0) is 36.4 Å². The van der Waals surface area contributed by atoms with Gasteiger partial charge in [0.15, 0.2) is 0 Å². The van der Waals surface area contributed by atoms with Crippen LogP contribution in [0.2, 0.25) is 0 Å². The third kappa shape index (κ3) is 3.74. The zero-order chi connectivity index (χ0) is 16.3. The fraction of sp³-hybridized carbons (Fsp3) is 0.0667. The first-order valence-electron chi connectivity index (χ1n) is 6.86. The SMILES string of the molecule is NS(=O)(=O)c1ccc(-n2cc(CNc3ccccc3)nn2)cc1. The number of benzene rings is 2. The Bertz CT molecular complexity index is 889. The molecule has 3 N–H and O–H groups in total. The lowest BCUT2D eigenvalue weighted by Crippen LogP contribution is -2.12. The number of aromatic nitrogens is 3. The molecular formula is C15H15N5O2S. The van der Waals surface area contributed by atoms with Gasteiger partial charge in [0.05, 0.1) is 23.3 Å². The minimum absolute atomic E-state index is 0.0623. The van der Waals surface area contributed by atoms with Crippen molar-refractivity contribution < 1.29 is 8.42 Å². The summed E-state index contributed by atoms with van der Waals surface area (Å²) in [7, 11) is -3.69. The van der Waals surface area contributed by atoms with Crippen LogP contribution in [-0.4, -0.2) is 23.4 Å². The summed E-state index contributed by atoms with van der Waals surface area (Å²) >= 11 is 0. The molecular weight excluding hydrogens is 314 g/mol. The Morgan fingerprint density at radius 2 is 1.74 bits per heavy atom. The van der Waals surface area contributed by atoms with Crippen molar-refractivity contribution in [2.75, 3.05) is 5.32 Å². The van der Waals surface area contributed by atoms with E-state index in [1.807, 2.05) is 30.3 Å². The van der Waals surface area contributed by atoms with E-state index in [1.54, 1.807) is 23.0 Å². The van der Waals surface area contributed by atoms with Crippen LogP contribution >= 0.6 is 0 Å². The molecule has 0 atom stereocenters. The molecule has 0 radical (unpaired) electrons. The van der Waals surface area contributed by atoms with Crippen LogP contribution in [0.25, 0.3) is 5.69 Å². The molecule has 8 heteroatoms. The van der Waals surface area contributed by atoms with Crippen LogP contribution in [0.15, 0.2) is 65.7 Å². The molecule has 23 heavy (non-hydrogen) atoms. The number of sulfonamides is 1. The second-order valence-electron chi connectivity index (χ2n) is 4.91. The van der Waals surface area contributed by atoms with Crippen LogP contribution in [0.5, 0.6) is 0 Å². The van der Waals surface area contributed by atoms with E-state index in [1.165, 1.54) is 12.1 Å². The van der Waals surface area contributed by atoms with Crippen LogP contribution < -0.4 is 10.5 Å². The fourth-order valence-corrected chi connectivity index (χ4v) is 2.56. The van der Waals surface area contributed by atoms with Gasteiger partial charge < -0.3 is 5.32 Å². The molecule has 3 rings (SSSR count). The Labute approximate surface area is 133 Å². The maximum atomic E-state index is 11.2. The molecule has 0 aliphatic rings. The molecule has 118 valence electrons. The molecule has 1 heterocycles. The van der Waals surface area contributed by atoms with Crippen molar-refractivity contribution in [3.8, 4) is 5.69 Å². The van der Waals surface area contributed by atoms with Gasteiger partial charge >= 0.3 is 0 Å². The number of para-hydroxylation sites is 1. The number of anilines is 1. The number of hydrogen-bond acceptors (Lipinski definition) is 5. The smallest absolute Gasteiger partial charge is 0.238 e. The number of nitrogens with zero attached hydrogens (tertiary/aromatic N) is 3. The maximum absolute atomic E-state index is 11.2. The van der Waals surface area contributed by atoms with Gasteiger partial charge in [-0.15, -0.1) is 5.10 Å². The van der Waals surface area contributed by atoms with E-state index in [0.717, 1.165) is 11.4 Å². The molecule has 0 unspecified atom stereocenters. The van der Waals surface area contributed by atoms with Crippen LogP contribution in [0.1, 0.15) is 5.69 Å². The Hall–Kier alpha value is -2.71. The van der Waals surface area contributed by atoms with E-state index < -0.39 is 10.0 Å². The summed E-state index contributed by atoms with van der Waals surface area (Å²) in [5.74, 6) is 0. The Balaban J connectivity index is 1.71. The van der Waals surface area contributed by atoms with E-state index in [0.29, 0.717) is 12.2 Å². The highest BCUT2D eigenvalue weighted by Crippen LogP contribution is 2.13. The average Bonchev–Trinajstić information content (AvgIpc) is 3.02. The summed E-state index contributed by atoms with van der Waals surface area (Å²) in [4.78, 5) is 0.0623. The topological polar surface area (TPSA) is 103 Å². The number of primary sulfonamides is 1. The van der Waals surface area contributed by atoms with Crippen molar-refractivity contribution >= 4 is 15.7 Å². The first kappa shape index (κ1) is 15.2. The van der Waals surface area contributed by atoms with Crippen molar-refractivity contribution in [2.24, 2.45) is 5.14 Å². The summed E-state index contributed by atoms with van der Waals surface area (Å²) in [5, 5.41) is 16.4. The maximum Gasteiger partial charge on any atom is 0.238 e. The molecule has 3 aromatic rings. The zero-order valence-electron chi connectivity index (χ0n) is 12.1. The van der Waals surface area contributed by atoms with Crippen molar-refractivity contribution in [1.29, 1.82) is 0 Å². The lowest BCUT2D eigenvalue weighted by molar-refractivity contribution is 0.598. The summed E-state index contributed by atoms with van der Waals surface area (Å²) in [6.07, 6.45) is 1.78. The average molecular weight is 329 g/mol. The van der Waals surface area contributed by atoms with Gasteiger partial charge in [-0.25, -0.2) is 18.2 Å². The van der Waals surface area contributed by atoms with E-state index in [-0.39, 0.29) is 4.90 Å². The summed E-state index contributed by atoms with van der Waals surface area (Å²) in [6, 6.07) is 15.9. The van der Waals surface area contributed by atoms with Crippen molar-refractivity contribution in [3.05, 3.63) is 66.5 Å². The lowest BCUT2D eigenvalue weighted by Gasteiger charge is -2.03. The number of rotatable bonds is 5. The van der Waals surface area contributed by atoms with Crippen LogP contribution in [0.3, 0.4) is 0 Å². The predicted molar refractivity (Wildman–Crippen MR) is 86.5 cm³/mol. The molecule has 0 aliphatic heterocycles. The van der Waals surface area contributed by atoms with E-state index >= 15 is 0 Å². The van der Waals surface area contributed by atoms with Gasteiger partial charge in [-0.1, -0.05) is 23.4 Å². The van der Waals surface area contributed by atoms with Crippen molar-refractivity contribution in [2.45, 2.75) is 11.4 Å². The minimum Gasteiger partial charge on any atom is -0.379 e. The standard InChI is InChI=1S/C15H15N5O2S/c16-23(21,22)15-8-6-14(7-9-15)20-11-13(18-19-20)10-17-12-4-2-1-3-5-12/h1-9,11,17H,10H2,(H2,16,21,22). The van der Waals surface area contributed by atoms with Crippen LogP contribution in [0.4, 0.5) is 5.69 Å². The van der Waals surface area contributed by atoms with Gasteiger partial charge in [0.25, 0.3) is 0 Å². The van der Waals surface area contributed by atoms with Crippen LogP contribution in [-0.2, 0) is 16.6 Å². The van der Waals surface area contributed by atoms with Crippen molar-refractivity contribution in [3.63, 3.8) is 0 Å². The highest BCUT2D eigenvalue weighted by molar-refractivity contribution is 7.89. The second-order valence-corrected chi connectivity index (χ2v) is 6.47. The molecule has 0 fully saturated rings. The van der Waals surface area contributed by atoms with Gasteiger partial charge in [0.2, 0.25) is 10.0 Å². The highest BCUT2D eigenvalue weighted by atomic mass is 32.2. The summed E-state index contributed by atoms with van der Waals surface area (Å²) in [5.41, 5.74) is 2.47. The third-order valence-electron chi connectivity index (χ3n) is 3.22. The lowest BCUT2D eigenvalue weighted by atomic mass is 10.3. The van der Waals surface area contributed by atoms with E-state index in [9.17, 15) is 8.42 Å². The molecule has 0 amide bonds. The molecule has 0 bridgehead atoms. The zero-order valence-corrected chi connectivity index (χ0v) is 12.9. The van der Waals surface area contributed by atoms with Gasteiger partial charge in [0.1, 0.15) is 5.69 Å². The molecule has 0 aliphatic carbocycles. The third-order valence-corrected chi connectivity index (χ3v) is 4.15. The molecule has 2 aromatic carbocycles. The normalized spacial score (nSPS) is 11.3. The largest absolute Gasteiger partial charge is 0.379 e. The molecule has 0 saturated carbocycles. The number of nitrogens with one attached hydrogen (secondary N) is 1. The Kier molecular flexibility index (Phi) is 4.09. The number of hydrogen-bond donors (Lipinski definition) is 2. The van der Waals surface area contributed by atoms with Crippen LogP contribution in [0, 0.1) is 0 Å². The monoisotopic (exact) mass is 329 g/mol. The van der Waals surface area contributed by atoms with Gasteiger partial charge in [0, 0.05) is 5.69 Å². The molecule has 0 spiro atoms. The predicted octanol–water partition coefficient (Wildman–Crippen LogP) is 1.53. The molecule has 1 aromatic heterocycles. The summed E-state index contributed by atoms with van der Waals surface area (Å²) < 4.78 is 24.1. The number of nitrogens with two attached hydrogens (primary N) is 1. The molecule has 0 saturated heterocycles. The highest BCUT2D eigenvalue weighted by Gasteiger charge is 2.08. The summed E-state index contributed by atoms with van der Waals surface area (Å²) in [6.45, 7) is 0.541. The van der Waals surface area contributed by atoms with Crippen molar-refractivity contribution in [1.82, 2.24) is 15.0 Å². The molecule has 7 nitrogen and oxygen atoms in total. The fourth-order valence-electron chi connectivity index (χ4n) is 2.04. The minimum atomic E-state index is -3.69. The Morgan fingerprint density at radius 1 is 1.04 bits per heavy atom. The van der Waals surface area contributed by atoms with E-state index in [4.69, 9.17) is 5.14 Å². The first-order valence-corrected chi connectivity index (χ1v) is 8.40. The van der Waals surface area contributed by atoms with Gasteiger partial charge in [-0.3, -0.25) is 0 Å². The first-order chi connectivity index (χ1) is 11.0. The second kappa shape index (κ2) is 6.19. The van der Waals surface area contributed by atoms with E-state index in [2.05, 4.69) is 15.6 Å². The quantitative estimate of drug-likeness (QED) is 0.739.